The minimum atomic E-state index is -3.23. The van der Waals surface area contributed by atoms with E-state index in [0.717, 1.165) is 19.1 Å². The van der Waals surface area contributed by atoms with Crippen molar-refractivity contribution in [3.63, 3.8) is 0 Å². The SMILES string of the molecule is C#C.CNC(=O)CCC(C)C.CNC(=O)[C@@H]1CCCN1S(C)(=O)=O. The van der Waals surface area contributed by atoms with Crippen molar-refractivity contribution in [3.8, 4) is 12.8 Å². The molecule has 0 aromatic rings. The Balaban J connectivity index is 0. The van der Waals surface area contributed by atoms with E-state index in [1.807, 2.05) is 0 Å². The molecular formula is C16H31N3O4S. The van der Waals surface area contributed by atoms with Crippen molar-refractivity contribution in [1.82, 2.24) is 14.9 Å². The number of rotatable bonds is 5. The molecule has 2 amide bonds. The average Bonchev–Trinajstić information content (AvgIpc) is 3.04. The van der Waals surface area contributed by atoms with Crippen LogP contribution in [-0.4, -0.2) is 57.5 Å². The van der Waals surface area contributed by atoms with E-state index in [1.165, 1.54) is 11.4 Å². The first-order valence-corrected chi connectivity index (χ1v) is 9.70. The third-order valence-corrected chi connectivity index (χ3v) is 4.70. The number of carbonyl (C=O) groups is 2. The van der Waals surface area contributed by atoms with Gasteiger partial charge >= 0.3 is 0 Å². The van der Waals surface area contributed by atoms with Gasteiger partial charge in [0.05, 0.1) is 6.26 Å². The number of terminal acetylenes is 1. The lowest BCUT2D eigenvalue weighted by Crippen LogP contribution is -2.44. The van der Waals surface area contributed by atoms with Gasteiger partial charge in [-0.05, 0) is 25.2 Å². The van der Waals surface area contributed by atoms with Crippen molar-refractivity contribution in [2.24, 2.45) is 5.92 Å². The normalized spacial score (nSPS) is 17.1. The predicted octanol–water partition coefficient (Wildman–Crippen LogP) is 0.574. The van der Waals surface area contributed by atoms with E-state index in [2.05, 4.69) is 37.3 Å². The van der Waals surface area contributed by atoms with Gasteiger partial charge in [0.25, 0.3) is 0 Å². The number of nitrogens with zero attached hydrogens (tertiary/aromatic N) is 1. The lowest BCUT2D eigenvalue weighted by atomic mass is 10.1. The molecule has 1 atom stereocenters. The first-order chi connectivity index (χ1) is 11.1. The Bertz CT molecular complexity index is 501. The fourth-order valence-corrected chi connectivity index (χ4v) is 3.23. The highest BCUT2D eigenvalue weighted by atomic mass is 32.2. The smallest absolute Gasteiger partial charge is 0.238 e. The molecule has 0 spiro atoms. The van der Waals surface area contributed by atoms with Gasteiger partial charge in [0.2, 0.25) is 21.8 Å². The van der Waals surface area contributed by atoms with Gasteiger partial charge in [0, 0.05) is 27.1 Å². The van der Waals surface area contributed by atoms with Crippen LogP contribution in [0.25, 0.3) is 0 Å². The summed E-state index contributed by atoms with van der Waals surface area (Å²) in [5.74, 6) is 0.550. The summed E-state index contributed by atoms with van der Waals surface area (Å²) in [7, 11) is -0.0500. The van der Waals surface area contributed by atoms with Crippen LogP contribution in [0.3, 0.4) is 0 Å². The van der Waals surface area contributed by atoms with E-state index < -0.39 is 16.1 Å². The summed E-state index contributed by atoms with van der Waals surface area (Å²) in [5.41, 5.74) is 0. The van der Waals surface area contributed by atoms with Gasteiger partial charge in [0.1, 0.15) is 6.04 Å². The topological polar surface area (TPSA) is 95.6 Å². The molecule has 24 heavy (non-hydrogen) atoms. The third-order valence-electron chi connectivity index (χ3n) is 3.41. The maximum atomic E-state index is 11.3. The van der Waals surface area contributed by atoms with Crippen molar-refractivity contribution in [2.75, 3.05) is 26.9 Å². The van der Waals surface area contributed by atoms with E-state index in [9.17, 15) is 18.0 Å². The van der Waals surface area contributed by atoms with E-state index in [0.29, 0.717) is 25.3 Å². The van der Waals surface area contributed by atoms with Crippen LogP contribution in [0.4, 0.5) is 0 Å². The molecule has 0 aromatic carbocycles. The van der Waals surface area contributed by atoms with Gasteiger partial charge in [0.15, 0.2) is 0 Å². The largest absolute Gasteiger partial charge is 0.359 e. The van der Waals surface area contributed by atoms with E-state index in [4.69, 9.17) is 0 Å². The van der Waals surface area contributed by atoms with Gasteiger partial charge in [-0.1, -0.05) is 13.8 Å². The number of sulfonamides is 1. The molecule has 0 saturated carbocycles. The van der Waals surface area contributed by atoms with Crippen LogP contribution in [0.2, 0.25) is 0 Å². The molecule has 1 fully saturated rings. The van der Waals surface area contributed by atoms with Crippen LogP contribution in [0.1, 0.15) is 39.5 Å². The standard InChI is InChI=1S/C7H14N2O3S.C7H15NO.C2H2/c1-8-7(10)6-4-3-5-9(6)13(2,11)12;1-6(2)4-5-7(9)8-3;1-2/h6H,3-5H2,1-2H3,(H,8,10);6H,4-5H2,1-3H3,(H,8,9);1-2H/t6-;;/m0../s1. The van der Waals surface area contributed by atoms with Crippen molar-refractivity contribution in [3.05, 3.63) is 0 Å². The van der Waals surface area contributed by atoms with Crippen molar-refractivity contribution in [1.29, 1.82) is 0 Å². The Hall–Kier alpha value is -1.59. The Kier molecular flexibility index (Phi) is 13.1. The van der Waals surface area contributed by atoms with Crippen molar-refractivity contribution >= 4 is 21.8 Å². The number of hydrogen-bond donors (Lipinski definition) is 2. The van der Waals surface area contributed by atoms with Gasteiger partial charge in [-0.3, -0.25) is 9.59 Å². The second-order valence-electron chi connectivity index (χ2n) is 5.75. The van der Waals surface area contributed by atoms with Gasteiger partial charge in [-0.25, -0.2) is 8.42 Å². The van der Waals surface area contributed by atoms with Crippen molar-refractivity contribution in [2.45, 2.75) is 45.6 Å². The Labute approximate surface area is 146 Å². The summed E-state index contributed by atoms with van der Waals surface area (Å²) in [6.45, 7) is 4.68. The zero-order chi connectivity index (χ0) is 19.3. The Morgan fingerprint density at radius 2 is 1.75 bits per heavy atom. The summed E-state index contributed by atoms with van der Waals surface area (Å²) in [6, 6.07) is -0.500. The maximum Gasteiger partial charge on any atom is 0.238 e. The molecular weight excluding hydrogens is 330 g/mol. The Morgan fingerprint density at radius 1 is 1.21 bits per heavy atom. The van der Waals surface area contributed by atoms with E-state index in [1.54, 1.807) is 7.05 Å². The highest BCUT2D eigenvalue weighted by molar-refractivity contribution is 7.88. The predicted molar refractivity (Wildman–Crippen MR) is 96.7 cm³/mol. The summed E-state index contributed by atoms with van der Waals surface area (Å²) in [5, 5.41) is 5.05. The molecule has 1 heterocycles. The average molecular weight is 362 g/mol. The molecule has 0 radical (unpaired) electrons. The molecule has 1 aliphatic heterocycles. The molecule has 8 heteroatoms. The molecule has 1 rings (SSSR count). The van der Waals surface area contributed by atoms with Crippen LogP contribution in [0, 0.1) is 18.8 Å². The van der Waals surface area contributed by atoms with Crippen LogP contribution in [0.5, 0.6) is 0 Å². The first-order valence-electron chi connectivity index (χ1n) is 7.85. The quantitative estimate of drug-likeness (QED) is 0.700. The van der Waals surface area contributed by atoms with Crippen LogP contribution >= 0.6 is 0 Å². The fourth-order valence-electron chi connectivity index (χ4n) is 2.11. The number of hydrogen-bond acceptors (Lipinski definition) is 4. The molecule has 1 saturated heterocycles. The van der Waals surface area contributed by atoms with Crippen molar-refractivity contribution < 1.29 is 18.0 Å². The monoisotopic (exact) mass is 361 g/mol. The summed E-state index contributed by atoms with van der Waals surface area (Å²) in [4.78, 5) is 21.9. The van der Waals surface area contributed by atoms with E-state index >= 15 is 0 Å². The number of carbonyl (C=O) groups excluding carboxylic acids is 2. The Morgan fingerprint density at radius 3 is 2.12 bits per heavy atom. The van der Waals surface area contributed by atoms with E-state index in [-0.39, 0.29) is 11.8 Å². The molecule has 0 aliphatic carbocycles. The highest BCUT2D eigenvalue weighted by Crippen LogP contribution is 2.19. The zero-order valence-corrected chi connectivity index (χ0v) is 16.1. The van der Waals surface area contributed by atoms with Crippen LogP contribution in [-0.2, 0) is 19.6 Å². The van der Waals surface area contributed by atoms with Gasteiger partial charge < -0.3 is 10.6 Å². The molecule has 1 aliphatic rings. The summed E-state index contributed by atoms with van der Waals surface area (Å²) < 4.78 is 23.7. The van der Waals surface area contributed by atoms with Gasteiger partial charge in [-0.15, -0.1) is 12.8 Å². The lowest BCUT2D eigenvalue weighted by molar-refractivity contribution is -0.123. The number of nitrogens with one attached hydrogen (secondary N) is 2. The number of amides is 2. The molecule has 140 valence electrons. The minimum absolute atomic E-state index is 0.142. The van der Waals surface area contributed by atoms with Gasteiger partial charge in [-0.2, -0.15) is 4.31 Å². The van der Waals surface area contributed by atoms with Crippen LogP contribution < -0.4 is 10.6 Å². The third kappa shape index (κ3) is 10.2. The number of likely N-dealkylation sites (N-methyl/N-ethyl adjacent to an activating group) is 1. The lowest BCUT2D eigenvalue weighted by Gasteiger charge is -2.20. The fraction of sp³-hybridized carbons (Fsp3) is 0.750. The molecule has 0 aromatic heterocycles. The second-order valence-corrected chi connectivity index (χ2v) is 7.69. The second kappa shape index (κ2) is 12.8. The molecule has 0 bridgehead atoms. The molecule has 0 unspecified atom stereocenters. The molecule has 7 nitrogen and oxygen atoms in total. The van der Waals surface area contributed by atoms with Crippen LogP contribution in [0.15, 0.2) is 0 Å². The minimum Gasteiger partial charge on any atom is -0.359 e. The first kappa shape index (κ1) is 24.7. The summed E-state index contributed by atoms with van der Waals surface area (Å²) >= 11 is 0. The zero-order valence-electron chi connectivity index (χ0n) is 15.3. The molecule has 2 N–H and O–H groups in total. The summed E-state index contributed by atoms with van der Waals surface area (Å²) in [6.07, 6.45) is 12.2. The maximum absolute atomic E-state index is 11.3. The highest BCUT2D eigenvalue weighted by Gasteiger charge is 2.35.